The second-order valence-corrected chi connectivity index (χ2v) is 7.70. The summed E-state index contributed by atoms with van der Waals surface area (Å²) in [5, 5.41) is 17.5. The van der Waals surface area contributed by atoms with E-state index in [4.69, 9.17) is 4.52 Å². The number of carboxylic acids is 1. The molecule has 0 saturated carbocycles. The van der Waals surface area contributed by atoms with Gasteiger partial charge in [-0.25, -0.2) is 23.5 Å². The quantitative estimate of drug-likeness (QED) is 0.354. The molecule has 36 heavy (non-hydrogen) atoms. The molecule has 1 atom stereocenters. The minimum Gasteiger partial charge on any atom is -0.480 e. The fraction of sp³-hybridized carbons (Fsp3) is 0.227. The van der Waals surface area contributed by atoms with E-state index in [1.165, 1.54) is 35.2 Å². The molecule has 3 aromatic heterocycles. The summed E-state index contributed by atoms with van der Waals surface area (Å²) in [5.74, 6) is -4.28. The summed E-state index contributed by atoms with van der Waals surface area (Å²) >= 11 is 0. The van der Waals surface area contributed by atoms with E-state index in [1.807, 2.05) is 0 Å². The minimum absolute atomic E-state index is 0.0322. The molecule has 0 amide bonds. The Morgan fingerprint density at radius 2 is 1.92 bits per heavy atom. The van der Waals surface area contributed by atoms with Crippen molar-refractivity contribution in [3.63, 3.8) is 0 Å². The predicted octanol–water partition coefficient (Wildman–Crippen LogP) is 4.16. The van der Waals surface area contributed by atoms with Crippen LogP contribution in [-0.2, 0) is 11.3 Å². The molecule has 0 radical (unpaired) electrons. The standard InChI is InChI=1S/C22H17F5N6O3/c1-32(18(21(34)35)9-22(25,26)27)20-14(24)10-28-19(29-20)16-8-17(15-6-7-36-31-15)33(30-16)11-12-4-2-3-5-13(12)23/h2-8,10,18H,9,11H2,1H3,(H,34,35). The van der Waals surface area contributed by atoms with Gasteiger partial charge in [0.25, 0.3) is 0 Å². The van der Waals surface area contributed by atoms with Crippen LogP contribution in [0.15, 0.2) is 53.4 Å². The molecule has 0 spiro atoms. The second-order valence-electron chi connectivity index (χ2n) is 7.70. The Labute approximate surface area is 199 Å². The van der Waals surface area contributed by atoms with E-state index in [-0.39, 0.29) is 18.1 Å². The number of alkyl halides is 3. The third-order valence-electron chi connectivity index (χ3n) is 5.22. The number of halogens is 5. The SMILES string of the molecule is CN(c1nc(-c2cc(-c3ccon3)n(Cc3ccccc3F)n2)ncc1F)C(CC(F)(F)F)C(=O)O. The zero-order valence-electron chi connectivity index (χ0n) is 18.4. The van der Waals surface area contributed by atoms with Gasteiger partial charge in [0.05, 0.1) is 24.9 Å². The molecule has 1 unspecified atom stereocenters. The van der Waals surface area contributed by atoms with Crippen molar-refractivity contribution in [3.8, 4) is 22.9 Å². The highest BCUT2D eigenvalue weighted by Crippen LogP contribution is 2.29. The van der Waals surface area contributed by atoms with Crippen LogP contribution in [0.5, 0.6) is 0 Å². The van der Waals surface area contributed by atoms with Crippen LogP contribution in [0.25, 0.3) is 22.9 Å². The lowest BCUT2D eigenvalue weighted by molar-refractivity contribution is -0.156. The van der Waals surface area contributed by atoms with Crippen molar-refractivity contribution in [1.29, 1.82) is 0 Å². The van der Waals surface area contributed by atoms with E-state index >= 15 is 0 Å². The van der Waals surface area contributed by atoms with Crippen LogP contribution in [0.2, 0.25) is 0 Å². The lowest BCUT2D eigenvalue weighted by Crippen LogP contribution is -2.42. The van der Waals surface area contributed by atoms with Crippen LogP contribution in [0.4, 0.5) is 27.8 Å². The van der Waals surface area contributed by atoms with E-state index in [0.29, 0.717) is 28.0 Å². The smallest absolute Gasteiger partial charge is 0.391 e. The topological polar surface area (TPSA) is 110 Å². The molecular weight excluding hydrogens is 491 g/mol. The minimum atomic E-state index is -4.82. The van der Waals surface area contributed by atoms with Crippen LogP contribution in [0, 0.1) is 11.6 Å². The molecule has 4 rings (SSSR count). The highest BCUT2D eigenvalue weighted by atomic mass is 19.4. The largest absolute Gasteiger partial charge is 0.480 e. The van der Waals surface area contributed by atoms with Crippen molar-refractivity contribution in [3.05, 3.63) is 66.1 Å². The van der Waals surface area contributed by atoms with Gasteiger partial charge in [-0.05, 0) is 12.1 Å². The number of carboxylic acid groups (broad SMARTS) is 1. The summed E-state index contributed by atoms with van der Waals surface area (Å²) < 4.78 is 73.7. The first-order chi connectivity index (χ1) is 17.0. The van der Waals surface area contributed by atoms with Gasteiger partial charge in [-0.2, -0.15) is 18.3 Å². The third-order valence-corrected chi connectivity index (χ3v) is 5.22. The van der Waals surface area contributed by atoms with E-state index in [2.05, 4.69) is 20.2 Å². The zero-order chi connectivity index (χ0) is 26.0. The molecule has 0 aliphatic carbocycles. The number of carbonyl (C=O) groups is 1. The molecule has 0 aliphatic rings. The molecule has 0 saturated heterocycles. The van der Waals surface area contributed by atoms with Gasteiger partial charge in [-0.3, -0.25) is 4.68 Å². The van der Waals surface area contributed by atoms with Gasteiger partial charge >= 0.3 is 12.1 Å². The number of nitrogens with zero attached hydrogens (tertiary/aromatic N) is 6. The molecule has 1 aromatic carbocycles. The third kappa shape index (κ3) is 5.31. The molecule has 1 N–H and O–H groups in total. The molecule has 0 fully saturated rings. The van der Waals surface area contributed by atoms with Crippen molar-refractivity contribution in [2.75, 3.05) is 11.9 Å². The lowest BCUT2D eigenvalue weighted by atomic mass is 10.1. The van der Waals surface area contributed by atoms with Crippen LogP contribution < -0.4 is 4.90 Å². The Kier molecular flexibility index (Phi) is 6.68. The fourth-order valence-electron chi connectivity index (χ4n) is 3.47. The number of aliphatic carboxylic acids is 1. The van der Waals surface area contributed by atoms with Crippen LogP contribution in [-0.4, -0.2) is 55.2 Å². The lowest BCUT2D eigenvalue weighted by Gasteiger charge is -2.26. The van der Waals surface area contributed by atoms with Crippen LogP contribution in [0.1, 0.15) is 12.0 Å². The first-order valence-corrected chi connectivity index (χ1v) is 10.3. The summed E-state index contributed by atoms with van der Waals surface area (Å²) in [7, 11) is 0.983. The van der Waals surface area contributed by atoms with E-state index < -0.39 is 42.1 Å². The highest BCUT2D eigenvalue weighted by Gasteiger charge is 2.39. The van der Waals surface area contributed by atoms with Gasteiger partial charge in [0.2, 0.25) is 0 Å². The summed E-state index contributed by atoms with van der Waals surface area (Å²) in [6.45, 7) is -0.0322. The second kappa shape index (κ2) is 9.71. The molecule has 188 valence electrons. The van der Waals surface area contributed by atoms with Gasteiger partial charge < -0.3 is 14.5 Å². The van der Waals surface area contributed by atoms with Crippen molar-refractivity contribution in [2.24, 2.45) is 0 Å². The monoisotopic (exact) mass is 508 g/mol. The number of benzene rings is 1. The Morgan fingerprint density at radius 3 is 2.56 bits per heavy atom. The Balaban J connectivity index is 1.75. The van der Waals surface area contributed by atoms with Crippen LogP contribution >= 0.6 is 0 Å². The van der Waals surface area contributed by atoms with Crippen molar-refractivity contribution >= 4 is 11.8 Å². The maximum absolute atomic E-state index is 14.5. The average molecular weight is 508 g/mol. The molecule has 0 bridgehead atoms. The van der Waals surface area contributed by atoms with Crippen molar-refractivity contribution in [1.82, 2.24) is 24.9 Å². The normalized spacial score (nSPS) is 12.5. The first-order valence-electron chi connectivity index (χ1n) is 10.3. The summed E-state index contributed by atoms with van der Waals surface area (Å²) in [4.78, 5) is 19.8. The average Bonchev–Trinajstić information content (AvgIpc) is 3.48. The maximum Gasteiger partial charge on any atom is 0.391 e. The Morgan fingerprint density at radius 1 is 1.17 bits per heavy atom. The van der Waals surface area contributed by atoms with E-state index in [1.54, 1.807) is 12.1 Å². The number of rotatable bonds is 8. The summed E-state index contributed by atoms with van der Waals surface area (Å²) in [5.41, 5.74) is 1.06. The van der Waals surface area contributed by atoms with E-state index in [0.717, 1.165) is 7.05 Å². The van der Waals surface area contributed by atoms with E-state index in [9.17, 15) is 31.9 Å². The number of anilines is 1. The maximum atomic E-state index is 14.5. The number of aromatic nitrogens is 5. The number of hydrogen-bond acceptors (Lipinski definition) is 7. The molecule has 4 aromatic rings. The first kappa shape index (κ1) is 24.8. The van der Waals surface area contributed by atoms with Gasteiger partial charge in [0.1, 0.15) is 29.5 Å². The molecule has 14 heteroatoms. The van der Waals surface area contributed by atoms with Gasteiger partial charge in [-0.15, -0.1) is 0 Å². The summed E-state index contributed by atoms with van der Waals surface area (Å²) in [6, 6.07) is 6.85. The Hall–Kier alpha value is -4.36. The molecule has 0 aliphatic heterocycles. The number of likely N-dealkylation sites (N-methyl/N-ethyl adjacent to an activating group) is 1. The van der Waals surface area contributed by atoms with Gasteiger partial charge in [0.15, 0.2) is 17.5 Å². The fourth-order valence-corrected chi connectivity index (χ4v) is 3.47. The highest BCUT2D eigenvalue weighted by molar-refractivity contribution is 5.78. The molecular formula is C22H17F5N6O3. The van der Waals surface area contributed by atoms with Crippen molar-refractivity contribution < 1.29 is 36.4 Å². The van der Waals surface area contributed by atoms with Gasteiger partial charge in [0, 0.05) is 18.7 Å². The van der Waals surface area contributed by atoms with Crippen LogP contribution in [0.3, 0.4) is 0 Å². The predicted molar refractivity (Wildman–Crippen MR) is 115 cm³/mol. The van der Waals surface area contributed by atoms with Gasteiger partial charge in [-0.1, -0.05) is 23.4 Å². The van der Waals surface area contributed by atoms with Crippen molar-refractivity contribution in [2.45, 2.75) is 25.2 Å². The summed E-state index contributed by atoms with van der Waals surface area (Å²) in [6.07, 6.45) is -4.54. The number of hydrogen-bond donors (Lipinski definition) is 1. The molecule has 3 heterocycles. The molecule has 9 nitrogen and oxygen atoms in total. The Bertz CT molecular complexity index is 1370. The zero-order valence-corrected chi connectivity index (χ0v) is 18.4.